The van der Waals surface area contributed by atoms with Gasteiger partial charge in [-0.25, -0.2) is 4.79 Å². The summed E-state index contributed by atoms with van der Waals surface area (Å²) in [5.74, 6) is -0.620. The van der Waals surface area contributed by atoms with E-state index < -0.39 is 41.9 Å². The highest BCUT2D eigenvalue weighted by Gasteiger charge is 2.54. The van der Waals surface area contributed by atoms with Crippen LogP contribution in [0.3, 0.4) is 0 Å². The van der Waals surface area contributed by atoms with E-state index in [4.69, 9.17) is 0 Å². The van der Waals surface area contributed by atoms with Crippen LogP contribution in [0.4, 0.5) is 18.0 Å². The summed E-state index contributed by atoms with van der Waals surface area (Å²) >= 11 is 0. The molecule has 4 rings (SSSR count). The molecule has 1 aliphatic rings. The van der Waals surface area contributed by atoms with Gasteiger partial charge in [-0.15, -0.1) is 0 Å². The number of aliphatic hydroxyl groups is 1. The molecule has 1 atom stereocenters. The number of aliphatic hydroxyl groups excluding tert-OH is 1. The summed E-state index contributed by atoms with van der Waals surface area (Å²) in [6, 6.07) is 20.8. The Kier molecular flexibility index (Phi) is 5.48. The van der Waals surface area contributed by atoms with Crippen LogP contribution in [-0.2, 0) is 16.5 Å². The molecular formula is C24H19F3N2O3. The zero-order valence-electron chi connectivity index (χ0n) is 16.7. The maximum atomic E-state index is 13.6. The van der Waals surface area contributed by atoms with E-state index in [9.17, 15) is 27.9 Å². The van der Waals surface area contributed by atoms with E-state index in [1.165, 1.54) is 12.1 Å². The summed E-state index contributed by atoms with van der Waals surface area (Å²) in [5, 5.41) is 13.3. The van der Waals surface area contributed by atoms with Gasteiger partial charge in [-0.2, -0.15) is 13.2 Å². The Hall–Kier alpha value is -3.65. The number of hydrogen-bond acceptors (Lipinski definition) is 3. The average Bonchev–Trinajstić information content (AvgIpc) is 3.05. The number of rotatable bonds is 5. The van der Waals surface area contributed by atoms with Crippen LogP contribution < -0.4 is 5.32 Å². The van der Waals surface area contributed by atoms with Crippen LogP contribution in [0, 0.1) is 0 Å². The van der Waals surface area contributed by atoms with Gasteiger partial charge in [0, 0.05) is 0 Å². The molecule has 3 aromatic carbocycles. The quantitative estimate of drug-likeness (QED) is 0.584. The van der Waals surface area contributed by atoms with Gasteiger partial charge in [-0.1, -0.05) is 72.8 Å². The molecule has 0 saturated carbocycles. The van der Waals surface area contributed by atoms with Crippen LogP contribution in [0.15, 0.2) is 84.9 Å². The smallest absolute Gasteiger partial charge is 0.387 e. The lowest BCUT2D eigenvalue weighted by atomic mass is 9.82. The second-order valence-electron chi connectivity index (χ2n) is 7.47. The molecule has 0 spiro atoms. The number of halogens is 3. The molecule has 1 fully saturated rings. The summed E-state index contributed by atoms with van der Waals surface area (Å²) in [4.78, 5) is 27.3. The summed E-state index contributed by atoms with van der Waals surface area (Å²) in [7, 11) is 0. The van der Waals surface area contributed by atoms with Gasteiger partial charge in [0.15, 0.2) is 5.54 Å². The molecule has 1 heterocycles. The van der Waals surface area contributed by atoms with Gasteiger partial charge in [0.1, 0.15) is 0 Å². The highest BCUT2D eigenvalue weighted by molar-refractivity contribution is 6.09. The highest BCUT2D eigenvalue weighted by Crippen LogP contribution is 2.37. The molecular weight excluding hydrogens is 421 g/mol. The third kappa shape index (κ3) is 3.73. The van der Waals surface area contributed by atoms with Gasteiger partial charge >= 0.3 is 12.2 Å². The Labute approximate surface area is 182 Å². The molecule has 3 amide bonds. The third-order valence-electron chi connectivity index (χ3n) is 5.47. The second-order valence-corrected chi connectivity index (χ2v) is 7.47. The van der Waals surface area contributed by atoms with Crippen molar-refractivity contribution >= 4 is 11.9 Å². The van der Waals surface area contributed by atoms with Crippen LogP contribution in [0.5, 0.6) is 0 Å². The van der Waals surface area contributed by atoms with E-state index in [1.54, 1.807) is 60.7 Å². The topological polar surface area (TPSA) is 69.6 Å². The Morgan fingerprint density at radius 3 is 1.97 bits per heavy atom. The Morgan fingerprint density at radius 1 is 0.875 bits per heavy atom. The Morgan fingerprint density at radius 2 is 1.44 bits per heavy atom. The fourth-order valence-electron chi connectivity index (χ4n) is 3.88. The monoisotopic (exact) mass is 440 g/mol. The number of imide groups is 1. The zero-order chi connectivity index (χ0) is 22.9. The van der Waals surface area contributed by atoms with Crippen molar-refractivity contribution in [1.82, 2.24) is 10.2 Å². The number of carbonyl (C=O) groups excluding carboxylic acids is 2. The first-order chi connectivity index (χ1) is 15.2. The van der Waals surface area contributed by atoms with Crippen molar-refractivity contribution < 1.29 is 27.9 Å². The largest absolute Gasteiger partial charge is 0.416 e. The summed E-state index contributed by atoms with van der Waals surface area (Å²) < 4.78 is 39.1. The van der Waals surface area contributed by atoms with E-state index in [0.717, 1.165) is 17.0 Å². The summed E-state index contributed by atoms with van der Waals surface area (Å²) in [6.45, 7) is -0.493. The number of nitrogens with zero attached hydrogens (tertiary/aromatic N) is 1. The fraction of sp³-hybridized carbons (Fsp3) is 0.167. The first-order valence-electron chi connectivity index (χ1n) is 9.84. The normalized spacial score (nSPS) is 16.7. The van der Waals surface area contributed by atoms with E-state index in [2.05, 4.69) is 5.32 Å². The molecule has 0 bridgehead atoms. The van der Waals surface area contributed by atoms with Gasteiger partial charge in [-0.05, 0) is 28.8 Å². The number of amides is 3. The van der Waals surface area contributed by atoms with E-state index in [-0.39, 0.29) is 5.56 Å². The molecule has 32 heavy (non-hydrogen) atoms. The number of carbonyl (C=O) groups is 2. The molecule has 0 aliphatic carbocycles. The van der Waals surface area contributed by atoms with Gasteiger partial charge in [-0.3, -0.25) is 9.69 Å². The molecule has 1 aliphatic heterocycles. The molecule has 8 heteroatoms. The van der Waals surface area contributed by atoms with Crippen LogP contribution in [0.25, 0.3) is 0 Å². The molecule has 2 N–H and O–H groups in total. The lowest BCUT2D eigenvalue weighted by Gasteiger charge is -2.28. The first kappa shape index (κ1) is 21.6. The van der Waals surface area contributed by atoms with Gasteiger partial charge in [0.25, 0.3) is 5.91 Å². The van der Waals surface area contributed by atoms with E-state index in [0.29, 0.717) is 11.1 Å². The Bertz CT molecular complexity index is 1090. The molecule has 0 aromatic heterocycles. The molecule has 5 nitrogen and oxygen atoms in total. The van der Waals surface area contributed by atoms with E-state index >= 15 is 0 Å². The van der Waals surface area contributed by atoms with E-state index in [1.807, 2.05) is 0 Å². The molecule has 0 radical (unpaired) electrons. The molecule has 3 aromatic rings. The average molecular weight is 440 g/mol. The van der Waals surface area contributed by atoms with Crippen molar-refractivity contribution in [1.29, 1.82) is 0 Å². The van der Waals surface area contributed by atoms with Gasteiger partial charge < -0.3 is 10.4 Å². The van der Waals surface area contributed by atoms with Crippen LogP contribution in [0.2, 0.25) is 0 Å². The standard InChI is InChI=1S/C24H19F3N2O3/c25-24(26,27)19-13-7-8-16(14-19)20(30)15-29-21(31)23(28-22(29)32,17-9-3-1-4-10-17)18-11-5-2-6-12-18/h1-14,20,30H,15H2,(H,28,32)/t20-/m1/s1. The number of hydrogen-bond donors (Lipinski definition) is 2. The van der Waals surface area contributed by atoms with Crippen molar-refractivity contribution in [3.8, 4) is 0 Å². The van der Waals surface area contributed by atoms with Crippen LogP contribution in [0.1, 0.15) is 28.4 Å². The van der Waals surface area contributed by atoms with Crippen molar-refractivity contribution in [2.75, 3.05) is 6.54 Å². The molecule has 1 saturated heterocycles. The predicted molar refractivity (Wildman–Crippen MR) is 110 cm³/mol. The minimum absolute atomic E-state index is 0.0441. The van der Waals surface area contributed by atoms with Crippen LogP contribution in [-0.4, -0.2) is 28.5 Å². The maximum Gasteiger partial charge on any atom is 0.416 e. The first-order valence-corrected chi connectivity index (χ1v) is 9.84. The lowest BCUT2D eigenvalue weighted by molar-refractivity contribution is -0.137. The fourth-order valence-corrected chi connectivity index (χ4v) is 3.88. The van der Waals surface area contributed by atoms with Crippen molar-refractivity contribution in [3.05, 3.63) is 107 Å². The SMILES string of the molecule is O=C1NC(c2ccccc2)(c2ccccc2)C(=O)N1C[C@@H](O)c1cccc(C(F)(F)F)c1. The summed E-state index contributed by atoms with van der Waals surface area (Å²) in [6.07, 6.45) is -6.07. The minimum atomic E-state index is -4.58. The van der Waals surface area contributed by atoms with Gasteiger partial charge in [0.2, 0.25) is 0 Å². The third-order valence-corrected chi connectivity index (χ3v) is 5.47. The molecule has 164 valence electrons. The van der Waals surface area contributed by atoms with Gasteiger partial charge in [0.05, 0.1) is 18.2 Å². The predicted octanol–water partition coefficient (Wildman–Crippen LogP) is 4.23. The van der Waals surface area contributed by atoms with Crippen molar-refractivity contribution in [2.45, 2.75) is 17.8 Å². The molecule has 0 unspecified atom stereocenters. The minimum Gasteiger partial charge on any atom is -0.387 e. The lowest BCUT2D eigenvalue weighted by Crippen LogP contribution is -2.45. The number of urea groups is 1. The maximum absolute atomic E-state index is 13.6. The number of alkyl halides is 3. The van der Waals surface area contributed by atoms with Crippen molar-refractivity contribution in [3.63, 3.8) is 0 Å². The van der Waals surface area contributed by atoms with Crippen LogP contribution >= 0.6 is 0 Å². The summed E-state index contributed by atoms with van der Waals surface area (Å²) in [5.41, 5.74) is -1.42. The zero-order valence-corrected chi connectivity index (χ0v) is 16.7. The Balaban J connectivity index is 1.69. The number of β-amino-alcohol motifs (C(OH)–C–C–N with tert-alkyl or cyclic N) is 1. The second kappa shape index (κ2) is 8.12. The number of nitrogens with one attached hydrogen (secondary N) is 1. The number of benzene rings is 3. The van der Waals surface area contributed by atoms with Crippen molar-refractivity contribution in [2.24, 2.45) is 0 Å². The highest BCUT2D eigenvalue weighted by atomic mass is 19.4.